The fourth-order valence-corrected chi connectivity index (χ4v) is 1.86. The second-order valence-corrected chi connectivity index (χ2v) is 3.64. The van der Waals surface area contributed by atoms with Crippen LogP contribution in [0, 0.1) is 5.41 Å². The Morgan fingerprint density at radius 2 is 1.82 bits per heavy atom. The van der Waals surface area contributed by atoms with Crippen molar-refractivity contribution in [2.75, 3.05) is 0 Å². The van der Waals surface area contributed by atoms with Gasteiger partial charge in [0.1, 0.15) is 11.6 Å². The van der Waals surface area contributed by atoms with E-state index >= 15 is 0 Å². The molecule has 0 saturated heterocycles. The van der Waals surface area contributed by atoms with Gasteiger partial charge in [-0.15, -0.1) is 0 Å². The molecule has 0 radical (unpaired) electrons. The lowest BCUT2D eigenvalue weighted by molar-refractivity contribution is 0.0997. The summed E-state index contributed by atoms with van der Waals surface area (Å²) >= 11 is 0. The van der Waals surface area contributed by atoms with Crippen molar-refractivity contribution in [3.8, 4) is 5.75 Å². The topological polar surface area (TPSA) is 113 Å². The van der Waals surface area contributed by atoms with Crippen molar-refractivity contribution in [2.24, 2.45) is 11.5 Å². The number of phenols is 1. The third kappa shape index (κ3) is 1.67. The number of aromatic hydroxyl groups is 1. The smallest absolute Gasteiger partial charge is 0.253 e. The van der Waals surface area contributed by atoms with Gasteiger partial charge >= 0.3 is 0 Å². The first-order valence-corrected chi connectivity index (χ1v) is 4.91. The molecule has 0 aliphatic carbocycles. The van der Waals surface area contributed by atoms with Gasteiger partial charge in [-0.3, -0.25) is 10.2 Å². The average Bonchev–Trinajstić information content (AvgIpc) is 2.26. The molecule has 0 aromatic heterocycles. The van der Waals surface area contributed by atoms with Crippen LogP contribution in [-0.4, -0.2) is 16.8 Å². The lowest BCUT2D eigenvalue weighted by atomic mass is 9.96. The van der Waals surface area contributed by atoms with Gasteiger partial charge < -0.3 is 16.6 Å². The summed E-state index contributed by atoms with van der Waals surface area (Å²) in [5.74, 6) is -1.37. The quantitative estimate of drug-likeness (QED) is 0.453. The summed E-state index contributed by atoms with van der Waals surface area (Å²) in [5, 5.41) is 18.6. The van der Waals surface area contributed by atoms with E-state index in [1.54, 1.807) is 24.3 Å². The van der Waals surface area contributed by atoms with Gasteiger partial charge in [0.2, 0.25) is 0 Å². The Labute approximate surface area is 97.2 Å². The number of hydrogen-bond acceptors (Lipinski definition) is 3. The normalized spacial score (nSPS) is 10.4. The first kappa shape index (κ1) is 10.9. The molecular formula is C12H11N3O2. The van der Waals surface area contributed by atoms with Gasteiger partial charge in [0.15, 0.2) is 0 Å². The van der Waals surface area contributed by atoms with Gasteiger partial charge in [0, 0.05) is 5.56 Å². The van der Waals surface area contributed by atoms with Crippen molar-refractivity contribution in [1.82, 2.24) is 0 Å². The van der Waals surface area contributed by atoms with E-state index in [-0.39, 0.29) is 22.7 Å². The van der Waals surface area contributed by atoms with Gasteiger partial charge in [0.25, 0.3) is 5.91 Å². The van der Waals surface area contributed by atoms with Crippen LogP contribution >= 0.6 is 0 Å². The molecule has 0 heterocycles. The number of rotatable bonds is 2. The third-order valence-electron chi connectivity index (χ3n) is 2.54. The van der Waals surface area contributed by atoms with Crippen LogP contribution in [0.25, 0.3) is 10.8 Å². The molecule has 0 saturated carbocycles. The number of nitrogen functional groups attached to an aromatic ring is 1. The lowest BCUT2D eigenvalue weighted by Gasteiger charge is -2.11. The van der Waals surface area contributed by atoms with Crippen molar-refractivity contribution in [2.45, 2.75) is 0 Å². The highest BCUT2D eigenvalue weighted by molar-refractivity contribution is 6.17. The Kier molecular flexibility index (Phi) is 2.44. The summed E-state index contributed by atoms with van der Waals surface area (Å²) in [6.07, 6.45) is 0. The Hall–Kier alpha value is -2.56. The van der Waals surface area contributed by atoms with E-state index < -0.39 is 5.91 Å². The Morgan fingerprint density at radius 1 is 1.18 bits per heavy atom. The minimum Gasteiger partial charge on any atom is -0.507 e. The summed E-state index contributed by atoms with van der Waals surface area (Å²) in [5.41, 5.74) is 10.7. The number of hydrogen-bond donors (Lipinski definition) is 4. The summed E-state index contributed by atoms with van der Waals surface area (Å²) in [6.45, 7) is 0. The number of carbonyl (C=O) groups is 1. The van der Waals surface area contributed by atoms with Crippen LogP contribution in [0.1, 0.15) is 15.9 Å². The van der Waals surface area contributed by atoms with Gasteiger partial charge in [0.05, 0.1) is 5.56 Å². The number of carbonyl (C=O) groups excluding carboxylic acids is 1. The molecular weight excluding hydrogens is 218 g/mol. The van der Waals surface area contributed by atoms with E-state index in [1.807, 2.05) is 0 Å². The van der Waals surface area contributed by atoms with Gasteiger partial charge in [-0.1, -0.05) is 24.3 Å². The van der Waals surface area contributed by atoms with Crippen LogP contribution in [-0.2, 0) is 0 Å². The molecule has 2 aromatic rings. The van der Waals surface area contributed by atoms with E-state index in [0.29, 0.717) is 10.8 Å². The van der Waals surface area contributed by atoms with E-state index in [0.717, 1.165) is 0 Å². The van der Waals surface area contributed by atoms with Crippen LogP contribution in [0.5, 0.6) is 5.75 Å². The molecule has 0 unspecified atom stereocenters. The minimum absolute atomic E-state index is 0.115. The first-order chi connectivity index (χ1) is 8.02. The second-order valence-electron chi connectivity index (χ2n) is 3.64. The molecule has 0 spiro atoms. The van der Waals surface area contributed by atoms with Crippen molar-refractivity contribution in [1.29, 1.82) is 5.41 Å². The standard InChI is InChI=1S/C12H11N3O2/c13-11(14)9-7-4-2-1-3-6(7)5-8(16)10(9)12(15)17/h1-5,16H,(H3,13,14)(H2,15,17). The third-order valence-corrected chi connectivity index (χ3v) is 2.54. The molecule has 0 bridgehead atoms. The number of benzene rings is 2. The predicted molar refractivity (Wildman–Crippen MR) is 65.1 cm³/mol. The maximum atomic E-state index is 11.3. The molecule has 2 rings (SSSR count). The number of primary amides is 1. The summed E-state index contributed by atoms with van der Waals surface area (Å²) < 4.78 is 0. The van der Waals surface area contributed by atoms with Gasteiger partial charge in [-0.05, 0) is 16.8 Å². The van der Waals surface area contributed by atoms with Crippen LogP contribution < -0.4 is 11.5 Å². The van der Waals surface area contributed by atoms with E-state index in [1.165, 1.54) is 6.07 Å². The fraction of sp³-hybridized carbons (Fsp3) is 0. The van der Waals surface area contributed by atoms with Crippen molar-refractivity contribution >= 4 is 22.5 Å². The zero-order valence-corrected chi connectivity index (χ0v) is 8.90. The number of nitrogens with one attached hydrogen (secondary N) is 1. The molecule has 6 N–H and O–H groups in total. The molecule has 17 heavy (non-hydrogen) atoms. The summed E-state index contributed by atoms with van der Waals surface area (Å²) in [6, 6.07) is 8.46. The number of fused-ring (bicyclic) bond motifs is 1. The van der Waals surface area contributed by atoms with Crippen molar-refractivity contribution in [3.63, 3.8) is 0 Å². The van der Waals surface area contributed by atoms with E-state index in [2.05, 4.69) is 0 Å². The van der Waals surface area contributed by atoms with Crippen LogP contribution in [0.4, 0.5) is 0 Å². The molecule has 0 atom stereocenters. The second kappa shape index (κ2) is 3.79. The predicted octanol–water partition coefficient (Wildman–Crippen LogP) is 0.928. The monoisotopic (exact) mass is 229 g/mol. The molecule has 0 aliphatic heterocycles. The molecule has 0 fully saturated rings. The SMILES string of the molecule is N=C(N)c1c(C(N)=O)c(O)cc2ccccc12. The largest absolute Gasteiger partial charge is 0.507 e. The fourth-order valence-electron chi connectivity index (χ4n) is 1.86. The average molecular weight is 229 g/mol. The number of amidine groups is 1. The number of nitrogens with two attached hydrogens (primary N) is 2. The molecule has 1 amide bonds. The molecule has 5 heteroatoms. The van der Waals surface area contributed by atoms with Crippen LogP contribution in [0.2, 0.25) is 0 Å². The Bertz CT molecular complexity index is 635. The zero-order valence-electron chi connectivity index (χ0n) is 8.90. The molecule has 5 nitrogen and oxygen atoms in total. The Morgan fingerprint density at radius 3 is 2.41 bits per heavy atom. The number of amides is 1. The van der Waals surface area contributed by atoms with E-state index in [9.17, 15) is 9.90 Å². The van der Waals surface area contributed by atoms with Crippen LogP contribution in [0.15, 0.2) is 30.3 Å². The lowest BCUT2D eigenvalue weighted by Crippen LogP contribution is -2.21. The maximum absolute atomic E-state index is 11.3. The zero-order chi connectivity index (χ0) is 12.6. The molecule has 0 aliphatic rings. The van der Waals surface area contributed by atoms with E-state index in [4.69, 9.17) is 16.9 Å². The summed E-state index contributed by atoms with van der Waals surface area (Å²) in [7, 11) is 0. The van der Waals surface area contributed by atoms with Crippen LogP contribution in [0.3, 0.4) is 0 Å². The Balaban J connectivity index is 2.99. The van der Waals surface area contributed by atoms with Gasteiger partial charge in [-0.25, -0.2) is 0 Å². The highest BCUT2D eigenvalue weighted by atomic mass is 16.3. The highest BCUT2D eigenvalue weighted by Crippen LogP contribution is 2.29. The van der Waals surface area contributed by atoms with Gasteiger partial charge in [-0.2, -0.15) is 0 Å². The van der Waals surface area contributed by atoms with Crippen molar-refractivity contribution in [3.05, 3.63) is 41.5 Å². The highest BCUT2D eigenvalue weighted by Gasteiger charge is 2.19. The first-order valence-electron chi connectivity index (χ1n) is 4.91. The molecule has 2 aromatic carbocycles. The summed E-state index contributed by atoms with van der Waals surface area (Å²) in [4.78, 5) is 11.3. The maximum Gasteiger partial charge on any atom is 0.253 e. The van der Waals surface area contributed by atoms with Crippen molar-refractivity contribution < 1.29 is 9.90 Å². The minimum atomic E-state index is -0.807. The molecule has 86 valence electrons.